The van der Waals surface area contributed by atoms with Gasteiger partial charge in [0, 0.05) is 35.5 Å². The molecule has 2 aliphatic rings. The van der Waals surface area contributed by atoms with Crippen LogP contribution >= 0.6 is 44.9 Å². The fraction of sp³-hybridized carbons (Fsp3) is 0.588. The first-order chi connectivity index (χ1) is 14.3. The molecule has 0 unspecified atom stereocenters. The van der Waals surface area contributed by atoms with Gasteiger partial charge in [-0.05, 0) is 23.2 Å². The Balaban J connectivity index is 0.00000272. The largest absolute Gasteiger partial charge is 0.405 e. The van der Waals surface area contributed by atoms with Crippen molar-refractivity contribution in [2.45, 2.75) is 43.7 Å². The average molecular weight is 518 g/mol. The van der Waals surface area contributed by atoms with Crippen LogP contribution in [0.15, 0.2) is 17.3 Å². The van der Waals surface area contributed by atoms with Crippen LogP contribution in [0.25, 0.3) is 0 Å². The molecule has 1 saturated carbocycles. The zero-order valence-corrected chi connectivity index (χ0v) is 19.3. The molecule has 0 radical (unpaired) electrons. The Morgan fingerprint density at radius 1 is 1.26 bits per heavy atom. The van der Waals surface area contributed by atoms with E-state index in [9.17, 15) is 13.2 Å². The van der Waals surface area contributed by atoms with Crippen LogP contribution in [-0.4, -0.2) is 47.1 Å². The Labute approximate surface area is 195 Å². The third-order valence-corrected chi connectivity index (χ3v) is 7.08. The fourth-order valence-electron chi connectivity index (χ4n) is 3.48. The maximum atomic E-state index is 12.8. The van der Waals surface area contributed by atoms with E-state index in [-0.39, 0.29) is 35.0 Å². The van der Waals surface area contributed by atoms with Gasteiger partial charge in [-0.1, -0.05) is 11.6 Å². The highest BCUT2D eigenvalue weighted by Crippen LogP contribution is 2.37. The molecule has 2 N–H and O–H groups in total. The van der Waals surface area contributed by atoms with E-state index >= 15 is 0 Å². The van der Waals surface area contributed by atoms with E-state index in [1.165, 1.54) is 22.6 Å². The van der Waals surface area contributed by atoms with Crippen molar-refractivity contribution in [1.82, 2.24) is 9.36 Å². The second-order valence-corrected chi connectivity index (χ2v) is 9.23. The number of hydrogen-bond donors (Lipinski definition) is 2. The zero-order valence-electron chi connectivity index (χ0n) is 16.1. The van der Waals surface area contributed by atoms with Gasteiger partial charge in [-0.15, -0.1) is 12.4 Å². The molecule has 2 aromatic heterocycles. The first kappa shape index (κ1) is 24.5. The monoisotopic (exact) mass is 517 g/mol. The third kappa shape index (κ3) is 6.42. The third-order valence-electron chi connectivity index (χ3n) is 4.91. The van der Waals surface area contributed by atoms with Gasteiger partial charge in [0.05, 0.1) is 25.1 Å². The molecule has 3 heterocycles. The highest BCUT2D eigenvalue weighted by Gasteiger charge is 2.40. The normalized spacial score (nSPS) is 19.4. The van der Waals surface area contributed by atoms with Crippen LogP contribution in [-0.2, 0) is 9.47 Å². The summed E-state index contributed by atoms with van der Waals surface area (Å²) >= 11 is 5.97. The number of aromatic nitrogens is 2. The molecule has 1 spiro atoms. The van der Waals surface area contributed by atoms with Crippen LogP contribution in [0.1, 0.15) is 25.7 Å². The number of alkyl halides is 3. The molecule has 14 heteroatoms. The summed E-state index contributed by atoms with van der Waals surface area (Å²) in [5.74, 6) is 0.00835. The topological polar surface area (TPSA) is 80.7 Å². The van der Waals surface area contributed by atoms with Crippen molar-refractivity contribution in [1.29, 1.82) is 0 Å². The van der Waals surface area contributed by atoms with Gasteiger partial charge in [0.2, 0.25) is 0 Å². The van der Waals surface area contributed by atoms with E-state index < -0.39 is 18.5 Å². The molecule has 0 atom stereocenters. The van der Waals surface area contributed by atoms with Crippen LogP contribution in [0.4, 0.5) is 30.4 Å². The summed E-state index contributed by atoms with van der Waals surface area (Å²) < 4.78 is 54.1. The lowest BCUT2D eigenvalue weighted by Crippen LogP contribution is -2.39. The molecule has 4 rings (SSSR count). The molecule has 7 nitrogen and oxygen atoms in total. The number of nitrogens with zero attached hydrogens (tertiary/aromatic N) is 3. The van der Waals surface area contributed by atoms with Gasteiger partial charge in [-0.2, -0.15) is 17.5 Å². The molecule has 172 valence electrons. The Morgan fingerprint density at radius 2 is 1.97 bits per heavy atom. The van der Waals surface area contributed by atoms with Gasteiger partial charge in [-0.25, -0.2) is 9.98 Å². The van der Waals surface area contributed by atoms with Crippen LogP contribution in [0.5, 0.6) is 0 Å². The second kappa shape index (κ2) is 10.2. The summed E-state index contributed by atoms with van der Waals surface area (Å²) in [5.41, 5.74) is 0.479. The molecule has 31 heavy (non-hydrogen) atoms. The van der Waals surface area contributed by atoms with Crippen molar-refractivity contribution in [3.05, 3.63) is 22.1 Å². The summed E-state index contributed by atoms with van der Waals surface area (Å²) in [6.45, 7) is 0.0470. The Kier molecular flexibility index (Phi) is 8.03. The molecular formula is C17H20Cl2F3N5O2S2. The number of hydrogen-bond acceptors (Lipinski definition) is 9. The maximum Gasteiger partial charge on any atom is 0.405 e. The van der Waals surface area contributed by atoms with Crippen molar-refractivity contribution in [3.63, 3.8) is 0 Å². The van der Waals surface area contributed by atoms with Crippen LogP contribution in [0.3, 0.4) is 0 Å². The molecule has 1 saturated heterocycles. The van der Waals surface area contributed by atoms with E-state index in [1.54, 1.807) is 0 Å². The van der Waals surface area contributed by atoms with E-state index in [0.717, 1.165) is 36.2 Å². The SMILES string of the molecule is Cl.FC(F)(F)CNc1cc(NC2CCC3(CC2)OCCO3)ncc1N=c1ssnc1Cl. The van der Waals surface area contributed by atoms with Crippen LogP contribution in [0.2, 0.25) is 5.15 Å². The van der Waals surface area contributed by atoms with E-state index in [2.05, 4.69) is 25.0 Å². The molecule has 1 aliphatic heterocycles. The summed E-state index contributed by atoms with van der Waals surface area (Å²) in [6, 6.07) is 1.67. The number of anilines is 2. The molecule has 2 aromatic rings. The predicted octanol–water partition coefficient (Wildman–Crippen LogP) is 4.98. The molecular weight excluding hydrogens is 498 g/mol. The molecule has 0 bridgehead atoms. The Hall–Kier alpha value is -1.18. The van der Waals surface area contributed by atoms with E-state index in [1.807, 2.05) is 0 Å². The molecule has 0 aromatic carbocycles. The second-order valence-electron chi connectivity index (χ2n) is 7.04. The lowest BCUT2D eigenvalue weighted by atomic mass is 9.90. The minimum atomic E-state index is -4.36. The summed E-state index contributed by atoms with van der Waals surface area (Å²) in [4.78, 5) is 8.65. The molecule has 0 amide bonds. The lowest BCUT2D eigenvalue weighted by Gasteiger charge is -2.35. The van der Waals surface area contributed by atoms with Crippen molar-refractivity contribution in [3.8, 4) is 0 Å². The maximum absolute atomic E-state index is 12.8. The Bertz CT molecular complexity index is 940. The number of pyridine rings is 1. The molecule has 1 aliphatic carbocycles. The van der Waals surface area contributed by atoms with Crippen molar-refractivity contribution in [2.75, 3.05) is 30.4 Å². The smallest absolute Gasteiger partial charge is 0.375 e. The van der Waals surface area contributed by atoms with Gasteiger partial charge in [0.25, 0.3) is 0 Å². The van der Waals surface area contributed by atoms with E-state index in [0.29, 0.717) is 23.7 Å². The average Bonchev–Trinajstić information content (AvgIpc) is 3.33. The van der Waals surface area contributed by atoms with Crippen molar-refractivity contribution < 1.29 is 22.6 Å². The number of ether oxygens (including phenoxy) is 2. The number of rotatable bonds is 5. The number of halogens is 5. The number of nitrogens with one attached hydrogen (secondary N) is 2. The van der Waals surface area contributed by atoms with Gasteiger partial charge >= 0.3 is 6.18 Å². The van der Waals surface area contributed by atoms with Crippen molar-refractivity contribution >= 4 is 62.1 Å². The first-order valence-electron chi connectivity index (χ1n) is 9.33. The van der Waals surface area contributed by atoms with Crippen LogP contribution < -0.4 is 15.3 Å². The predicted molar refractivity (Wildman–Crippen MR) is 117 cm³/mol. The summed E-state index contributed by atoms with van der Waals surface area (Å²) in [6.07, 6.45) is 0.227. The Morgan fingerprint density at radius 3 is 2.58 bits per heavy atom. The summed E-state index contributed by atoms with van der Waals surface area (Å²) in [7, 11) is 2.39. The van der Waals surface area contributed by atoms with Gasteiger partial charge < -0.3 is 20.1 Å². The van der Waals surface area contributed by atoms with E-state index in [4.69, 9.17) is 21.1 Å². The van der Waals surface area contributed by atoms with Gasteiger partial charge in [-0.3, -0.25) is 0 Å². The minimum absolute atomic E-state index is 0. The van der Waals surface area contributed by atoms with Gasteiger partial charge in [0.1, 0.15) is 18.1 Å². The van der Waals surface area contributed by atoms with Crippen LogP contribution in [0, 0.1) is 0 Å². The molecule has 2 fully saturated rings. The van der Waals surface area contributed by atoms with Gasteiger partial charge in [0.15, 0.2) is 15.6 Å². The standard InChI is InChI=1S/C17H19ClF3N5O2S2.ClH/c18-14-15(29-30-26-14)25-12-8-22-13(7-11(12)23-9-17(19,20)21)24-10-1-3-16(4-2-10)27-5-6-28-16;/h7-8,10H,1-6,9H2,(H2,22,23,24);1H. The minimum Gasteiger partial charge on any atom is -0.375 e. The summed E-state index contributed by atoms with van der Waals surface area (Å²) in [5, 5.41) is 5.92. The van der Waals surface area contributed by atoms with Crippen molar-refractivity contribution in [2.24, 2.45) is 4.99 Å². The first-order valence-corrected chi connectivity index (χ1v) is 11.8. The lowest BCUT2D eigenvalue weighted by molar-refractivity contribution is -0.177. The quantitative estimate of drug-likeness (QED) is 0.544. The zero-order chi connectivity index (χ0) is 21.2. The highest BCUT2D eigenvalue weighted by atomic mass is 35.5. The highest BCUT2D eigenvalue weighted by molar-refractivity contribution is 7.66. The fourth-order valence-corrected chi connectivity index (χ4v) is 5.47.